The third kappa shape index (κ3) is 4.81. The molecule has 0 unspecified atom stereocenters. The van der Waals surface area contributed by atoms with Crippen LogP contribution in [0.15, 0.2) is 83.3 Å². The number of aliphatic carboxylic acids is 1. The summed E-state index contributed by atoms with van der Waals surface area (Å²) >= 11 is 0. The zero-order chi connectivity index (χ0) is 22.7. The summed E-state index contributed by atoms with van der Waals surface area (Å²) in [7, 11) is 0. The molecule has 1 amide bonds. The van der Waals surface area contributed by atoms with Gasteiger partial charge in [0, 0.05) is 17.1 Å². The van der Waals surface area contributed by atoms with E-state index in [1.54, 1.807) is 24.3 Å². The highest BCUT2D eigenvalue weighted by molar-refractivity contribution is 5.93. The maximum Gasteiger partial charge on any atom is 0.347 e. The predicted molar refractivity (Wildman–Crippen MR) is 123 cm³/mol. The number of carboxylic acids is 1. The Labute approximate surface area is 185 Å². The van der Waals surface area contributed by atoms with E-state index in [1.807, 2.05) is 54.6 Å². The van der Waals surface area contributed by atoms with E-state index in [0.717, 1.165) is 16.5 Å². The molecule has 3 aromatic carbocycles. The summed E-state index contributed by atoms with van der Waals surface area (Å²) in [4.78, 5) is 23.8. The highest BCUT2D eigenvalue weighted by Gasteiger charge is 2.29. The molecule has 0 saturated heterocycles. The molecule has 6 heteroatoms. The third-order valence-electron chi connectivity index (χ3n) is 5.02. The zero-order valence-electron chi connectivity index (χ0n) is 17.8. The van der Waals surface area contributed by atoms with Gasteiger partial charge in [0.25, 0.3) is 0 Å². The molecule has 32 heavy (non-hydrogen) atoms. The van der Waals surface area contributed by atoms with Crippen molar-refractivity contribution in [3.63, 3.8) is 0 Å². The van der Waals surface area contributed by atoms with Crippen LogP contribution in [0.1, 0.15) is 19.6 Å². The van der Waals surface area contributed by atoms with Crippen molar-refractivity contribution in [2.24, 2.45) is 0 Å². The van der Waals surface area contributed by atoms with E-state index in [1.165, 1.54) is 13.8 Å². The van der Waals surface area contributed by atoms with E-state index in [0.29, 0.717) is 22.8 Å². The largest absolute Gasteiger partial charge is 0.478 e. The van der Waals surface area contributed by atoms with Crippen LogP contribution in [0.2, 0.25) is 0 Å². The van der Waals surface area contributed by atoms with Crippen LogP contribution in [0.3, 0.4) is 0 Å². The fourth-order valence-electron chi connectivity index (χ4n) is 3.33. The fourth-order valence-corrected chi connectivity index (χ4v) is 3.33. The number of carboxylic acid groups (broad SMARTS) is 1. The number of nitrogens with one attached hydrogen (secondary N) is 1. The minimum atomic E-state index is -1.36. The molecule has 0 aliphatic heterocycles. The predicted octanol–water partition coefficient (Wildman–Crippen LogP) is 5.52. The van der Waals surface area contributed by atoms with Crippen molar-refractivity contribution in [2.75, 3.05) is 5.32 Å². The molecule has 0 aliphatic carbocycles. The molecule has 4 rings (SSSR count). The number of benzene rings is 3. The number of fused-ring (bicyclic) bond motifs is 1. The lowest BCUT2D eigenvalue weighted by Crippen LogP contribution is -2.37. The lowest BCUT2D eigenvalue weighted by Gasteiger charge is -2.21. The Kier molecular flexibility index (Phi) is 5.69. The molecule has 0 aliphatic rings. The first-order valence-corrected chi connectivity index (χ1v) is 10.2. The Hall–Kier alpha value is -4.06. The van der Waals surface area contributed by atoms with Crippen molar-refractivity contribution in [1.82, 2.24) is 0 Å². The smallest absolute Gasteiger partial charge is 0.347 e. The van der Waals surface area contributed by atoms with Gasteiger partial charge < -0.3 is 19.6 Å². The normalized spacial score (nSPS) is 11.3. The van der Waals surface area contributed by atoms with E-state index in [4.69, 9.17) is 9.15 Å². The molecular weight excluding hydrogens is 406 g/mol. The summed E-state index contributed by atoms with van der Waals surface area (Å²) in [6, 6.07) is 24.5. The number of furan rings is 1. The number of rotatable bonds is 7. The minimum Gasteiger partial charge on any atom is -0.478 e. The summed E-state index contributed by atoms with van der Waals surface area (Å²) in [6.07, 6.45) is 0.0705. The van der Waals surface area contributed by atoms with Crippen molar-refractivity contribution in [3.05, 3.63) is 84.6 Å². The Morgan fingerprint density at radius 2 is 1.69 bits per heavy atom. The van der Waals surface area contributed by atoms with Gasteiger partial charge in [-0.2, -0.15) is 0 Å². The summed E-state index contributed by atoms with van der Waals surface area (Å²) < 4.78 is 11.3. The van der Waals surface area contributed by atoms with Gasteiger partial charge in [0.1, 0.15) is 17.1 Å². The minimum absolute atomic E-state index is 0.0705. The maximum absolute atomic E-state index is 12.6. The van der Waals surface area contributed by atoms with Crippen molar-refractivity contribution in [2.45, 2.75) is 25.9 Å². The van der Waals surface area contributed by atoms with Crippen LogP contribution in [0, 0.1) is 0 Å². The van der Waals surface area contributed by atoms with Crippen LogP contribution in [0.25, 0.3) is 22.1 Å². The highest BCUT2D eigenvalue weighted by atomic mass is 16.5. The van der Waals surface area contributed by atoms with Gasteiger partial charge >= 0.3 is 5.97 Å². The molecule has 0 bridgehead atoms. The first kappa shape index (κ1) is 21.2. The molecule has 4 aromatic rings. The second-order valence-corrected chi connectivity index (χ2v) is 8.00. The summed E-state index contributed by atoms with van der Waals surface area (Å²) in [5.41, 5.74) is 1.96. The van der Waals surface area contributed by atoms with Gasteiger partial charge in [-0.15, -0.1) is 0 Å². The molecule has 162 valence electrons. The van der Waals surface area contributed by atoms with Gasteiger partial charge in [-0.3, -0.25) is 4.79 Å². The van der Waals surface area contributed by atoms with E-state index >= 15 is 0 Å². The topological polar surface area (TPSA) is 88.8 Å². The number of ether oxygens (including phenoxy) is 1. The molecule has 1 aromatic heterocycles. The van der Waals surface area contributed by atoms with E-state index in [9.17, 15) is 14.7 Å². The number of carbonyl (C=O) groups excluding carboxylic acids is 1. The number of anilines is 1. The van der Waals surface area contributed by atoms with Crippen LogP contribution >= 0.6 is 0 Å². The first-order chi connectivity index (χ1) is 15.3. The van der Waals surface area contributed by atoms with Gasteiger partial charge in [-0.05, 0) is 55.3 Å². The molecule has 6 nitrogen and oxygen atoms in total. The van der Waals surface area contributed by atoms with Crippen LogP contribution < -0.4 is 10.1 Å². The highest BCUT2D eigenvalue weighted by Crippen LogP contribution is 2.27. The SMILES string of the molecule is CC(C)(Oc1ccc2cc(CC(=O)Nc3cccc(-c4ccccc4)c3)oc2c1)C(=O)O. The lowest BCUT2D eigenvalue weighted by molar-refractivity contribution is -0.152. The van der Waals surface area contributed by atoms with Crippen LogP contribution in [-0.2, 0) is 16.0 Å². The Morgan fingerprint density at radius 1 is 0.938 bits per heavy atom. The summed E-state index contributed by atoms with van der Waals surface area (Å²) in [5.74, 6) is -0.372. The second-order valence-electron chi connectivity index (χ2n) is 8.00. The van der Waals surface area contributed by atoms with Gasteiger partial charge in [0.05, 0.1) is 6.42 Å². The van der Waals surface area contributed by atoms with E-state index < -0.39 is 11.6 Å². The molecule has 0 radical (unpaired) electrons. The Bertz CT molecular complexity index is 1270. The van der Waals surface area contributed by atoms with Crippen molar-refractivity contribution in [1.29, 1.82) is 0 Å². The van der Waals surface area contributed by atoms with Crippen LogP contribution in [-0.4, -0.2) is 22.6 Å². The average molecular weight is 429 g/mol. The molecule has 0 saturated carbocycles. The van der Waals surface area contributed by atoms with E-state index in [2.05, 4.69) is 5.32 Å². The van der Waals surface area contributed by atoms with E-state index in [-0.39, 0.29) is 12.3 Å². The van der Waals surface area contributed by atoms with Gasteiger partial charge in [0.15, 0.2) is 5.60 Å². The molecular formula is C26H23NO5. The average Bonchev–Trinajstić information content (AvgIpc) is 3.15. The molecule has 1 heterocycles. The maximum atomic E-state index is 12.6. The number of hydrogen-bond acceptors (Lipinski definition) is 4. The van der Waals surface area contributed by atoms with Gasteiger partial charge in [-0.25, -0.2) is 4.79 Å². The quantitative estimate of drug-likeness (QED) is 0.404. The third-order valence-corrected chi connectivity index (χ3v) is 5.02. The fraction of sp³-hybridized carbons (Fsp3) is 0.154. The lowest BCUT2D eigenvalue weighted by atomic mass is 10.1. The number of carbonyl (C=O) groups is 2. The zero-order valence-corrected chi connectivity index (χ0v) is 17.8. The number of amides is 1. The second kappa shape index (κ2) is 8.59. The first-order valence-electron chi connectivity index (χ1n) is 10.2. The summed E-state index contributed by atoms with van der Waals surface area (Å²) in [6.45, 7) is 2.95. The molecule has 0 spiro atoms. The number of hydrogen-bond donors (Lipinski definition) is 2. The Morgan fingerprint density at radius 3 is 2.44 bits per heavy atom. The molecule has 2 N–H and O–H groups in total. The van der Waals surface area contributed by atoms with Crippen molar-refractivity contribution in [3.8, 4) is 16.9 Å². The molecule has 0 fully saturated rings. The van der Waals surface area contributed by atoms with Gasteiger partial charge in [-0.1, -0.05) is 42.5 Å². The monoisotopic (exact) mass is 429 g/mol. The summed E-state index contributed by atoms with van der Waals surface area (Å²) in [5, 5.41) is 12.9. The van der Waals surface area contributed by atoms with Crippen LogP contribution in [0.5, 0.6) is 5.75 Å². The van der Waals surface area contributed by atoms with Gasteiger partial charge in [0.2, 0.25) is 5.91 Å². The molecule has 0 atom stereocenters. The van der Waals surface area contributed by atoms with Crippen LogP contribution in [0.4, 0.5) is 5.69 Å². The standard InChI is InChI=1S/C26H23NO5/c1-26(2,25(29)30)32-21-12-11-19-14-22(31-23(19)15-21)16-24(28)27-20-10-6-9-18(13-20)17-7-4-3-5-8-17/h3-15H,16H2,1-2H3,(H,27,28)(H,29,30). The van der Waals surface area contributed by atoms with Crippen molar-refractivity contribution < 1.29 is 23.8 Å². The Balaban J connectivity index is 1.45. The van der Waals surface area contributed by atoms with Crippen molar-refractivity contribution >= 4 is 28.5 Å².